The van der Waals surface area contributed by atoms with E-state index in [1.165, 1.54) is 38.5 Å². The molecule has 0 aromatic carbocycles. The van der Waals surface area contributed by atoms with Gasteiger partial charge in [0.1, 0.15) is 0 Å². The molecule has 2 rings (SSSR count). The maximum atomic E-state index is 5.73. The quantitative estimate of drug-likeness (QED) is 0.537. The van der Waals surface area contributed by atoms with E-state index in [9.17, 15) is 0 Å². The van der Waals surface area contributed by atoms with Crippen LogP contribution in [-0.2, 0) is 0 Å². The number of nitrogens with two attached hydrogens (primary N) is 1. The van der Waals surface area contributed by atoms with Gasteiger partial charge in [-0.2, -0.15) is 0 Å². The summed E-state index contributed by atoms with van der Waals surface area (Å²) in [7, 11) is 0. The van der Waals surface area contributed by atoms with Gasteiger partial charge in [-0.15, -0.1) is 0 Å². The van der Waals surface area contributed by atoms with Crippen LogP contribution in [0.5, 0.6) is 0 Å². The molecule has 0 radical (unpaired) electrons. The van der Waals surface area contributed by atoms with Crippen LogP contribution in [0, 0.1) is 17.3 Å². The molecule has 2 heteroatoms. The number of hydrogen-bond donors (Lipinski definition) is 2. The van der Waals surface area contributed by atoms with Crippen LogP contribution in [0.4, 0.5) is 0 Å². The first-order valence-electron chi connectivity index (χ1n) is 6.12. The lowest BCUT2D eigenvalue weighted by molar-refractivity contribution is 0.173. The van der Waals surface area contributed by atoms with Gasteiger partial charge in [0.05, 0.1) is 0 Å². The van der Waals surface area contributed by atoms with Gasteiger partial charge < -0.3 is 0 Å². The molecule has 3 unspecified atom stereocenters. The molecule has 0 spiro atoms. The average Bonchev–Trinajstić information content (AvgIpc) is 2.85. The highest BCUT2D eigenvalue weighted by molar-refractivity contribution is 5.01. The Morgan fingerprint density at radius 1 is 1.36 bits per heavy atom. The SMILES string of the molecule is CC1CCCC(C(NN)C2(C)CC2)C1. The Bertz CT molecular complexity index is 198. The van der Waals surface area contributed by atoms with Crippen molar-refractivity contribution in [2.45, 2.75) is 58.4 Å². The van der Waals surface area contributed by atoms with E-state index < -0.39 is 0 Å². The van der Waals surface area contributed by atoms with Crippen molar-refractivity contribution in [3.8, 4) is 0 Å². The number of hydrazine groups is 1. The molecular formula is C12H24N2. The minimum atomic E-state index is 0.524. The first kappa shape index (κ1) is 10.4. The Balaban J connectivity index is 1.97. The highest BCUT2D eigenvalue weighted by Crippen LogP contribution is 2.52. The summed E-state index contributed by atoms with van der Waals surface area (Å²) in [6, 6.07) is 0.574. The molecule has 14 heavy (non-hydrogen) atoms. The number of rotatable bonds is 3. The molecule has 0 heterocycles. The van der Waals surface area contributed by atoms with Gasteiger partial charge >= 0.3 is 0 Å². The van der Waals surface area contributed by atoms with Crippen molar-refractivity contribution >= 4 is 0 Å². The molecule has 3 atom stereocenters. The van der Waals surface area contributed by atoms with Crippen molar-refractivity contribution in [1.29, 1.82) is 0 Å². The number of hydrogen-bond acceptors (Lipinski definition) is 2. The van der Waals surface area contributed by atoms with Crippen molar-refractivity contribution in [1.82, 2.24) is 5.43 Å². The predicted molar refractivity (Wildman–Crippen MR) is 59.6 cm³/mol. The van der Waals surface area contributed by atoms with Gasteiger partial charge in [0, 0.05) is 6.04 Å². The van der Waals surface area contributed by atoms with Crippen molar-refractivity contribution < 1.29 is 0 Å². The third kappa shape index (κ3) is 1.96. The normalized spacial score (nSPS) is 37.9. The molecule has 0 aromatic rings. The zero-order chi connectivity index (χ0) is 10.2. The lowest BCUT2D eigenvalue weighted by atomic mass is 9.74. The van der Waals surface area contributed by atoms with Crippen LogP contribution in [0.2, 0.25) is 0 Å². The molecule has 3 N–H and O–H groups in total. The first-order valence-corrected chi connectivity index (χ1v) is 6.12. The summed E-state index contributed by atoms with van der Waals surface area (Å²) in [6.45, 7) is 4.77. The Morgan fingerprint density at radius 2 is 2.07 bits per heavy atom. The molecule has 0 bridgehead atoms. The van der Waals surface area contributed by atoms with E-state index >= 15 is 0 Å². The van der Waals surface area contributed by atoms with Gasteiger partial charge in [-0.25, -0.2) is 0 Å². The lowest BCUT2D eigenvalue weighted by Crippen LogP contribution is -2.47. The van der Waals surface area contributed by atoms with Crippen molar-refractivity contribution in [3.63, 3.8) is 0 Å². The molecule has 2 fully saturated rings. The van der Waals surface area contributed by atoms with Crippen LogP contribution >= 0.6 is 0 Å². The summed E-state index contributed by atoms with van der Waals surface area (Å²) in [5.74, 6) is 7.46. The van der Waals surface area contributed by atoms with Crippen LogP contribution in [0.15, 0.2) is 0 Å². The second kappa shape index (κ2) is 3.82. The third-order valence-electron chi connectivity index (χ3n) is 4.42. The third-order valence-corrected chi connectivity index (χ3v) is 4.42. The largest absolute Gasteiger partial charge is 0.271 e. The summed E-state index contributed by atoms with van der Waals surface area (Å²) in [6.07, 6.45) is 8.32. The highest BCUT2D eigenvalue weighted by atomic mass is 15.2. The zero-order valence-electron chi connectivity index (χ0n) is 9.55. The standard InChI is InChI=1S/C12H24N2/c1-9-4-3-5-10(8-9)11(14-13)12(2)6-7-12/h9-11,14H,3-8,13H2,1-2H3. The van der Waals surface area contributed by atoms with Crippen molar-refractivity contribution in [3.05, 3.63) is 0 Å². The van der Waals surface area contributed by atoms with E-state index in [0.29, 0.717) is 11.5 Å². The van der Waals surface area contributed by atoms with Gasteiger partial charge in [0.25, 0.3) is 0 Å². The van der Waals surface area contributed by atoms with Crippen molar-refractivity contribution in [2.24, 2.45) is 23.1 Å². The van der Waals surface area contributed by atoms with Crippen LogP contribution in [-0.4, -0.2) is 6.04 Å². The van der Waals surface area contributed by atoms with Gasteiger partial charge in [-0.3, -0.25) is 11.3 Å². The summed E-state index contributed by atoms with van der Waals surface area (Å²) >= 11 is 0. The van der Waals surface area contributed by atoms with E-state index in [4.69, 9.17) is 5.84 Å². The molecule has 2 saturated carbocycles. The molecule has 2 nitrogen and oxygen atoms in total. The van der Waals surface area contributed by atoms with Gasteiger partial charge in [-0.1, -0.05) is 26.7 Å². The molecule has 0 aliphatic heterocycles. The summed E-state index contributed by atoms with van der Waals surface area (Å²) in [4.78, 5) is 0. The zero-order valence-corrected chi connectivity index (χ0v) is 9.55. The topological polar surface area (TPSA) is 38.0 Å². The monoisotopic (exact) mass is 196 g/mol. The van der Waals surface area contributed by atoms with Crippen LogP contribution in [0.25, 0.3) is 0 Å². The summed E-state index contributed by atoms with van der Waals surface area (Å²) < 4.78 is 0. The highest BCUT2D eigenvalue weighted by Gasteiger charge is 2.47. The molecule has 82 valence electrons. The molecule has 0 aromatic heterocycles. The minimum Gasteiger partial charge on any atom is -0.271 e. The Kier molecular flexibility index (Phi) is 2.85. The van der Waals surface area contributed by atoms with Crippen LogP contribution in [0.1, 0.15) is 52.4 Å². The fourth-order valence-electron chi connectivity index (χ4n) is 3.20. The van der Waals surface area contributed by atoms with Gasteiger partial charge in [0.2, 0.25) is 0 Å². The Labute approximate surface area is 87.6 Å². The Hall–Kier alpha value is -0.0800. The predicted octanol–water partition coefficient (Wildman–Crippen LogP) is 2.44. The van der Waals surface area contributed by atoms with Gasteiger partial charge in [-0.05, 0) is 42.9 Å². The molecule has 2 aliphatic carbocycles. The second-order valence-electron chi connectivity index (χ2n) is 5.83. The molecule has 0 amide bonds. The Morgan fingerprint density at radius 3 is 2.57 bits per heavy atom. The fourth-order valence-corrected chi connectivity index (χ4v) is 3.20. The van der Waals surface area contributed by atoms with Crippen molar-refractivity contribution in [2.75, 3.05) is 0 Å². The lowest BCUT2D eigenvalue weighted by Gasteiger charge is -2.36. The maximum Gasteiger partial charge on any atom is 0.0292 e. The summed E-state index contributed by atoms with van der Waals surface area (Å²) in [5.41, 5.74) is 3.62. The average molecular weight is 196 g/mol. The number of nitrogens with one attached hydrogen (secondary N) is 1. The van der Waals surface area contributed by atoms with Crippen LogP contribution in [0.3, 0.4) is 0 Å². The van der Waals surface area contributed by atoms with E-state index in [1.54, 1.807) is 0 Å². The maximum absolute atomic E-state index is 5.73. The molecule has 2 aliphatic rings. The fraction of sp³-hybridized carbons (Fsp3) is 1.00. The van der Waals surface area contributed by atoms with Crippen LogP contribution < -0.4 is 11.3 Å². The smallest absolute Gasteiger partial charge is 0.0292 e. The second-order valence-corrected chi connectivity index (χ2v) is 5.83. The van der Waals surface area contributed by atoms with E-state index in [2.05, 4.69) is 19.3 Å². The first-order chi connectivity index (χ1) is 6.65. The molecular weight excluding hydrogens is 172 g/mol. The van der Waals surface area contributed by atoms with E-state index in [0.717, 1.165) is 11.8 Å². The van der Waals surface area contributed by atoms with Gasteiger partial charge in [0.15, 0.2) is 0 Å². The van der Waals surface area contributed by atoms with E-state index in [1.807, 2.05) is 0 Å². The van der Waals surface area contributed by atoms with E-state index in [-0.39, 0.29) is 0 Å². The summed E-state index contributed by atoms with van der Waals surface area (Å²) in [5, 5.41) is 0. The minimum absolute atomic E-state index is 0.524. The molecule has 0 saturated heterocycles.